The molecule has 0 aliphatic carbocycles. The Hall–Kier alpha value is -1.06. The van der Waals surface area contributed by atoms with Crippen LogP contribution in [0.3, 0.4) is 0 Å². The van der Waals surface area contributed by atoms with E-state index < -0.39 is 11.7 Å². The highest BCUT2D eigenvalue weighted by atomic mass is 19.4. The van der Waals surface area contributed by atoms with Gasteiger partial charge in [-0.2, -0.15) is 13.2 Å². The van der Waals surface area contributed by atoms with Gasteiger partial charge in [-0.15, -0.1) is 0 Å². The Bertz CT molecular complexity index is 188. The normalized spacial score (nSPS) is 14.0. The van der Waals surface area contributed by atoms with E-state index in [1.807, 2.05) is 0 Å². The van der Waals surface area contributed by atoms with Gasteiger partial charge >= 0.3 is 6.18 Å². The average molecular weight is 163 g/mol. The minimum absolute atomic E-state index is 0.752. The number of nitrogens with zero attached hydrogens (tertiary/aromatic N) is 1. The van der Waals surface area contributed by atoms with Crippen LogP contribution >= 0.6 is 0 Å². The summed E-state index contributed by atoms with van der Waals surface area (Å²) in [4.78, 5) is 3.26. The predicted molar refractivity (Wildman–Crippen MR) is 38.8 cm³/mol. The van der Waals surface area contributed by atoms with Crippen LogP contribution in [0.4, 0.5) is 13.2 Å². The first-order valence-corrected chi connectivity index (χ1v) is 2.84. The molecule has 0 N–H and O–H groups in total. The van der Waals surface area contributed by atoms with Gasteiger partial charge in [0.1, 0.15) is 0 Å². The Kier molecular flexibility index (Phi) is 3.57. The van der Waals surface area contributed by atoms with E-state index in [-0.39, 0.29) is 0 Å². The van der Waals surface area contributed by atoms with Crippen molar-refractivity contribution in [3.63, 3.8) is 0 Å². The van der Waals surface area contributed by atoms with E-state index in [2.05, 4.69) is 11.6 Å². The summed E-state index contributed by atoms with van der Waals surface area (Å²) in [5.41, 5.74) is -0.796. The van der Waals surface area contributed by atoms with Gasteiger partial charge in [0.15, 0.2) is 0 Å². The molecule has 62 valence electrons. The molecule has 0 atom stereocenters. The molecule has 0 radical (unpaired) electrons. The molecule has 0 heterocycles. The lowest BCUT2D eigenvalue weighted by Gasteiger charge is -2.04. The summed E-state index contributed by atoms with van der Waals surface area (Å²) < 4.78 is 35.7. The van der Waals surface area contributed by atoms with Crippen molar-refractivity contribution in [2.24, 2.45) is 4.99 Å². The summed E-state index contributed by atoms with van der Waals surface area (Å²) in [5.74, 6) is 0. The van der Waals surface area contributed by atoms with E-state index in [0.717, 1.165) is 18.4 Å². The minimum Gasteiger partial charge on any atom is -0.296 e. The van der Waals surface area contributed by atoms with Crippen molar-refractivity contribution in [3.05, 3.63) is 24.3 Å². The largest absolute Gasteiger partial charge is 0.417 e. The highest BCUT2D eigenvalue weighted by Crippen LogP contribution is 2.23. The molecule has 0 aromatic rings. The Morgan fingerprint density at radius 2 is 2.00 bits per heavy atom. The molecule has 4 heteroatoms. The molecular formula is C7H8F3N. The van der Waals surface area contributed by atoms with E-state index in [0.29, 0.717) is 0 Å². The summed E-state index contributed by atoms with van der Waals surface area (Å²) in [7, 11) is 1.28. The summed E-state index contributed by atoms with van der Waals surface area (Å²) in [6.45, 7) is 3.16. The third kappa shape index (κ3) is 3.60. The zero-order valence-electron chi connectivity index (χ0n) is 6.02. The molecule has 0 aromatic carbocycles. The zero-order chi connectivity index (χ0) is 8.91. The maximum atomic E-state index is 11.9. The average Bonchev–Trinajstić information content (AvgIpc) is 1.85. The van der Waals surface area contributed by atoms with Gasteiger partial charge in [-0.05, 0) is 6.08 Å². The van der Waals surface area contributed by atoms with Crippen molar-refractivity contribution in [1.82, 2.24) is 0 Å². The Morgan fingerprint density at radius 3 is 2.27 bits per heavy atom. The van der Waals surface area contributed by atoms with Crippen LogP contribution in [-0.4, -0.2) is 19.4 Å². The number of alkyl halides is 3. The topological polar surface area (TPSA) is 12.4 Å². The summed E-state index contributed by atoms with van der Waals surface area (Å²) in [5, 5.41) is 0. The number of rotatable bonds is 2. The molecule has 0 aromatic heterocycles. The Morgan fingerprint density at radius 1 is 1.45 bits per heavy atom. The van der Waals surface area contributed by atoms with Crippen molar-refractivity contribution in [2.45, 2.75) is 6.18 Å². The van der Waals surface area contributed by atoms with Gasteiger partial charge in [-0.1, -0.05) is 12.7 Å². The fraction of sp³-hybridized carbons (Fsp3) is 0.286. The van der Waals surface area contributed by atoms with Gasteiger partial charge in [-0.25, -0.2) is 0 Å². The molecule has 0 saturated carbocycles. The van der Waals surface area contributed by atoms with Gasteiger partial charge in [0, 0.05) is 13.3 Å². The van der Waals surface area contributed by atoms with E-state index in [4.69, 9.17) is 0 Å². The third-order valence-electron chi connectivity index (χ3n) is 0.893. The van der Waals surface area contributed by atoms with Gasteiger partial charge in [0.25, 0.3) is 0 Å². The molecule has 0 bridgehead atoms. The Labute approximate surface area is 62.9 Å². The fourth-order valence-corrected chi connectivity index (χ4v) is 0.477. The lowest BCUT2D eigenvalue weighted by molar-refractivity contribution is -0.0855. The van der Waals surface area contributed by atoms with E-state index >= 15 is 0 Å². The lowest BCUT2D eigenvalue weighted by Crippen LogP contribution is -2.12. The number of hydrogen-bond donors (Lipinski definition) is 0. The molecule has 11 heavy (non-hydrogen) atoms. The quantitative estimate of drug-likeness (QED) is 0.437. The number of halogens is 3. The SMILES string of the molecule is C=C/C=C(\C=NC)C(F)(F)F. The smallest absolute Gasteiger partial charge is 0.296 e. The van der Waals surface area contributed by atoms with Crippen molar-refractivity contribution in [3.8, 4) is 0 Å². The first-order valence-electron chi connectivity index (χ1n) is 2.84. The number of allylic oxidation sites excluding steroid dienone is 3. The third-order valence-corrected chi connectivity index (χ3v) is 0.893. The van der Waals surface area contributed by atoms with E-state index in [1.165, 1.54) is 7.05 Å². The van der Waals surface area contributed by atoms with Crippen LogP contribution in [0, 0.1) is 0 Å². The van der Waals surface area contributed by atoms with Gasteiger partial charge < -0.3 is 0 Å². The van der Waals surface area contributed by atoms with Gasteiger partial charge in [0.2, 0.25) is 0 Å². The molecule has 1 nitrogen and oxygen atoms in total. The van der Waals surface area contributed by atoms with E-state index in [1.54, 1.807) is 0 Å². The first-order chi connectivity index (χ1) is 5.02. The van der Waals surface area contributed by atoms with Crippen LogP contribution in [0.5, 0.6) is 0 Å². The summed E-state index contributed by atoms with van der Waals surface area (Å²) in [6.07, 6.45) is -1.65. The van der Waals surface area contributed by atoms with Crippen LogP contribution < -0.4 is 0 Å². The first kappa shape index (κ1) is 9.94. The number of aliphatic imine (C=N–C) groups is 1. The van der Waals surface area contributed by atoms with E-state index in [9.17, 15) is 13.2 Å². The van der Waals surface area contributed by atoms with Crippen molar-refractivity contribution >= 4 is 6.21 Å². The van der Waals surface area contributed by atoms with Crippen molar-refractivity contribution in [2.75, 3.05) is 7.05 Å². The van der Waals surface area contributed by atoms with Crippen LogP contribution in [0.2, 0.25) is 0 Å². The highest BCUT2D eigenvalue weighted by Gasteiger charge is 2.31. The minimum atomic E-state index is -4.34. The number of hydrogen-bond acceptors (Lipinski definition) is 1. The van der Waals surface area contributed by atoms with Crippen molar-refractivity contribution < 1.29 is 13.2 Å². The Balaban J connectivity index is 4.61. The second-order valence-electron chi connectivity index (χ2n) is 1.74. The lowest BCUT2D eigenvalue weighted by atomic mass is 10.2. The molecule has 0 aliphatic heterocycles. The van der Waals surface area contributed by atoms with Crippen LogP contribution in [0.1, 0.15) is 0 Å². The second kappa shape index (κ2) is 3.95. The monoisotopic (exact) mass is 163 g/mol. The predicted octanol–water partition coefficient (Wildman–Crippen LogP) is 2.36. The van der Waals surface area contributed by atoms with Crippen LogP contribution in [0.15, 0.2) is 29.3 Å². The molecule has 0 aliphatic rings. The summed E-state index contributed by atoms with van der Waals surface area (Å²) in [6, 6.07) is 0. The molecule has 0 amide bonds. The molecule has 0 unspecified atom stereocenters. The molecule has 0 spiro atoms. The molecular weight excluding hydrogens is 155 g/mol. The molecule has 0 fully saturated rings. The summed E-state index contributed by atoms with van der Waals surface area (Å²) >= 11 is 0. The van der Waals surface area contributed by atoms with Crippen molar-refractivity contribution in [1.29, 1.82) is 0 Å². The van der Waals surface area contributed by atoms with Gasteiger partial charge in [0.05, 0.1) is 5.57 Å². The maximum Gasteiger partial charge on any atom is 0.417 e. The molecule has 0 saturated heterocycles. The molecule has 0 rings (SSSR count). The van der Waals surface area contributed by atoms with Crippen LogP contribution in [-0.2, 0) is 0 Å². The highest BCUT2D eigenvalue weighted by molar-refractivity contribution is 5.80. The standard InChI is InChI=1S/C7H8F3N/c1-3-4-6(5-11-2)7(8,9)10/h3-5H,1H2,2H3/b6-4+,11-5?. The zero-order valence-corrected chi connectivity index (χ0v) is 6.02. The van der Waals surface area contributed by atoms with Gasteiger partial charge in [-0.3, -0.25) is 4.99 Å². The fourth-order valence-electron chi connectivity index (χ4n) is 0.477. The second-order valence-corrected chi connectivity index (χ2v) is 1.74. The maximum absolute atomic E-state index is 11.9. The van der Waals surface area contributed by atoms with Crippen LogP contribution in [0.25, 0.3) is 0 Å².